The molecule has 3 atom stereocenters. The van der Waals surface area contributed by atoms with Crippen LogP contribution in [0.5, 0.6) is 0 Å². The summed E-state index contributed by atoms with van der Waals surface area (Å²) in [6.45, 7) is 21.6. The lowest BCUT2D eigenvalue weighted by Crippen LogP contribution is -2.49. The molecule has 0 heterocycles. The van der Waals surface area contributed by atoms with Crippen molar-refractivity contribution in [3.05, 3.63) is 0 Å². The Hall–Kier alpha value is -0.310. The van der Waals surface area contributed by atoms with E-state index < -0.39 is 6.10 Å². The van der Waals surface area contributed by atoms with Crippen molar-refractivity contribution in [1.82, 2.24) is 20.6 Å². The van der Waals surface area contributed by atoms with Crippen LogP contribution in [0.25, 0.3) is 0 Å². The third-order valence-electron chi connectivity index (χ3n) is 8.27. The summed E-state index contributed by atoms with van der Waals surface area (Å²) in [6, 6.07) is 0. The number of likely N-dealkylation sites (N-methyl/N-ethyl adjacent to an activating group) is 2. The quantitative estimate of drug-likeness (QED) is 0.0332. The van der Waals surface area contributed by atoms with Crippen molar-refractivity contribution in [1.29, 1.82) is 0 Å². The lowest BCUT2D eigenvalue weighted by molar-refractivity contribution is -0.911. The van der Waals surface area contributed by atoms with Crippen molar-refractivity contribution in [2.45, 2.75) is 118 Å². The molecule has 0 aliphatic heterocycles. The summed E-state index contributed by atoms with van der Waals surface area (Å²) in [6.07, 6.45) is 8.74. The Morgan fingerprint density at radius 1 is 0.750 bits per heavy atom. The number of unbranched alkanes of at least 4 members (excludes halogenated alkanes) is 2. The third kappa shape index (κ3) is 32.9. The summed E-state index contributed by atoms with van der Waals surface area (Å²) in [5, 5.41) is 32.9. The first-order valence-electron chi connectivity index (χ1n) is 18.6. The molecule has 0 spiro atoms. The number of amides is 1. The number of nitrogens with zero attached hydrogens (tertiary/aromatic N) is 4. The van der Waals surface area contributed by atoms with E-state index in [2.05, 4.69) is 97.9 Å². The van der Waals surface area contributed by atoms with Crippen LogP contribution in [0.15, 0.2) is 0 Å². The normalized spacial score (nSPS) is 13.8. The van der Waals surface area contributed by atoms with Crippen molar-refractivity contribution in [3.8, 4) is 0 Å². The first kappa shape index (κ1) is 52.1. The average Bonchev–Trinajstić information content (AvgIpc) is 3.03. The minimum absolute atomic E-state index is 0.0378. The third-order valence-corrected chi connectivity index (χ3v) is 8.27. The molecule has 13 heteroatoms. The molecule has 0 aromatic heterocycles. The van der Waals surface area contributed by atoms with E-state index in [1.807, 2.05) is 14.1 Å². The highest BCUT2D eigenvalue weighted by atomic mass is 36.5. The largest absolute Gasteiger partial charge is 0.386 e. The van der Waals surface area contributed by atoms with Crippen LogP contribution in [0.4, 0.5) is 0 Å². The van der Waals surface area contributed by atoms with E-state index in [0.717, 1.165) is 102 Å². The highest BCUT2D eigenvalue weighted by molar-refractivity contribution is 6.85. The Labute approximate surface area is 306 Å². The number of nitrogens with one attached hydrogen (secondary N) is 2. The molecule has 1 amide bonds. The second-order valence-electron chi connectivity index (χ2n) is 14.2. The molecule has 0 aromatic carbocycles. The van der Waals surface area contributed by atoms with Gasteiger partial charge in [0.15, 0.2) is 6.73 Å². The smallest absolute Gasteiger partial charge is 0.220 e. The molecule has 292 valence electrons. The SMILES string of the molecule is CCCC(CC)ONCCN(CCC)CC(O)C[N+](C)(C)CO.CCCCCC(=O)NCCN(CCC)CC(O)C[N+](C)(C)CC.ClCl. The van der Waals surface area contributed by atoms with Crippen LogP contribution >= 0.6 is 21.7 Å². The van der Waals surface area contributed by atoms with Gasteiger partial charge in [-0.3, -0.25) is 19.4 Å². The van der Waals surface area contributed by atoms with E-state index in [1.54, 1.807) is 0 Å². The first-order valence-corrected chi connectivity index (χ1v) is 19.7. The Morgan fingerprint density at radius 2 is 1.27 bits per heavy atom. The van der Waals surface area contributed by atoms with Gasteiger partial charge in [-0.05, 0) is 52.1 Å². The van der Waals surface area contributed by atoms with E-state index >= 15 is 0 Å². The van der Waals surface area contributed by atoms with E-state index in [9.17, 15) is 20.1 Å². The number of hydrogen-bond acceptors (Lipinski definition) is 8. The van der Waals surface area contributed by atoms with Gasteiger partial charge in [-0.2, -0.15) is 0 Å². The van der Waals surface area contributed by atoms with Gasteiger partial charge >= 0.3 is 0 Å². The zero-order valence-corrected chi connectivity index (χ0v) is 34.3. The Kier molecular flexibility index (Phi) is 36.7. The molecule has 0 aromatic rings. The number of carbonyl (C=O) groups excluding carboxylic acids is 1. The second kappa shape index (κ2) is 33.8. The number of carbonyl (C=O) groups is 1. The molecule has 0 saturated carbocycles. The maximum Gasteiger partial charge on any atom is 0.220 e. The molecular formula is C35H80Cl2N6O5+2. The van der Waals surface area contributed by atoms with Crippen LogP contribution < -0.4 is 10.8 Å². The zero-order valence-electron chi connectivity index (χ0n) is 32.8. The van der Waals surface area contributed by atoms with Crippen LogP contribution in [-0.4, -0.2) is 165 Å². The van der Waals surface area contributed by atoms with Crippen LogP contribution in [-0.2, 0) is 9.63 Å². The van der Waals surface area contributed by atoms with E-state index in [-0.39, 0.29) is 24.8 Å². The zero-order chi connectivity index (χ0) is 37.4. The molecule has 0 rings (SSSR count). The van der Waals surface area contributed by atoms with Gasteiger partial charge in [-0.15, -0.1) is 0 Å². The molecule has 0 fully saturated rings. The van der Waals surface area contributed by atoms with Crippen molar-refractivity contribution < 1.29 is 33.9 Å². The summed E-state index contributed by atoms with van der Waals surface area (Å²) in [7, 11) is 16.3. The summed E-state index contributed by atoms with van der Waals surface area (Å²) in [5.74, 6) is 0.152. The number of aliphatic hydroxyl groups excluding tert-OH is 3. The predicted octanol–water partition coefficient (Wildman–Crippen LogP) is 4.42. The van der Waals surface area contributed by atoms with Crippen molar-refractivity contribution in [3.63, 3.8) is 0 Å². The van der Waals surface area contributed by atoms with Crippen LogP contribution in [0, 0.1) is 0 Å². The topological polar surface area (TPSA) is 118 Å². The van der Waals surface area contributed by atoms with Gasteiger partial charge in [0.25, 0.3) is 0 Å². The van der Waals surface area contributed by atoms with Crippen molar-refractivity contribution in [2.24, 2.45) is 0 Å². The first-order chi connectivity index (χ1) is 22.7. The van der Waals surface area contributed by atoms with Gasteiger partial charge in [0.2, 0.25) is 5.91 Å². The summed E-state index contributed by atoms with van der Waals surface area (Å²) >= 11 is 0. The second-order valence-corrected chi connectivity index (χ2v) is 14.2. The molecule has 0 bridgehead atoms. The van der Waals surface area contributed by atoms with Gasteiger partial charge in [0, 0.05) is 67.4 Å². The fourth-order valence-electron chi connectivity index (χ4n) is 5.29. The monoisotopic (exact) mass is 735 g/mol. The number of aliphatic hydroxyl groups is 3. The maximum atomic E-state index is 11.7. The van der Waals surface area contributed by atoms with Crippen molar-refractivity contribution in [2.75, 3.05) is 107 Å². The predicted molar refractivity (Wildman–Crippen MR) is 204 cm³/mol. The number of hydroxylamine groups is 1. The van der Waals surface area contributed by atoms with Gasteiger partial charge < -0.3 is 29.6 Å². The maximum absolute atomic E-state index is 11.7. The molecule has 0 radical (unpaired) electrons. The Balaban J connectivity index is -0.000000802. The highest BCUT2D eigenvalue weighted by Gasteiger charge is 2.22. The number of quaternary nitrogens is 2. The van der Waals surface area contributed by atoms with E-state index in [4.69, 9.17) is 4.84 Å². The summed E-state index contributed by atoms with van der Waals surface area (Å²) < 4.78 is 1.24. The molecule has 5 N–H and O–H groups in total. The van der Waals surface area contributed by atoms with Crippen LogP contribution in [0.1, 0.15) is 99.3 Å². The molecular weight excluding hydrogens is 655 g/mol. The minimum Gasteiger partial charge on any atom is -0.386 e. The number of halogens is 2. The summed E-state index contributed by atoms with van der Waals surface area (Å²) in [4.78, 5) is 21.9. The van der Waals surface area contributed by atoms with Gasteiger partial charge in [0.05, 0.1) is 40.8 Å². The van der Waals surface area contributed by atoms with E-state index in [1.165, 1.54) is 0 Å². The fourth-order valence-corrected chi connectivity index (χ4v) is 5.29. The Bertz CT molecular complexity index is 712. The average molecular weight is 736 g/mol. The highest BCUT2D eigenvalue weighted by Crippen LogP contribution is 2.06. The standard InChI is InChI=1S/C18H39N3O2.C17H40N3O3.Cl2/c1-6-9-10-11-18(23)19-12-14-20(13-7-2)15-17(22)16-21(4,5)8-3;1-6-9-17(8-3)23-18-10-12-19(11-7-2)13-16(22)14-20(4,5)15-21;1-2/h17,22H,6-16H2,1-5H3;16-18,21-22H,6-15H2,1-5H3;/q;+1;/p+1. The van der Waals surface area contributed by atoms with E-state index in [0.29, 0.717) is 37.1 Å². The summed E-state index contributed by atoms with van der Waals surface area (Å²) in [5.41, 5.74) is 3.08. The molecule has 0 aliphatic rings. The van der Waals surface area contributed by atoms with Crippen LogP contribution in [0.3, 0.4) is 0 Å². The van der Waals surface area contributed by atoms with Gasteiger partial charge in [0.1, 0.15) is 25.3 Å². The lowest BCUT2D eigenvalue weighted by Gasteiger charge is -2.32. The molecule has 0 aliphatic carbocycles. The number of hydrogen-bond donors (Lipinski definition) is 5. The molecule has 3 unspecified atom stereocenters. The molecule has 0 saturated heterocycles. The molecule has 48 heavy (non-hydrogen) atoms. The van der Waals surface area contributed by atoms with Crippen molar-refractivity contribution >= 4 is 27.6 Å². The number of rotatable bonds is 29. The fraction of sp³-hybridized carbons (Fsp3) is 0.971. The van der Waals surface area contributed by atoms with Gasteiger partial charge in [-0.1, -0.05) is 53.9 Å². The van der Waals surface area contributed by atoms with Crippen LogP contribution in [0.2, 0.25) is 0 Å². The Morgan fingerprint density at radius 3 is 1.71 bits per heavy atom. The molecule has 11 nitrogen and oxygen atoms in total. The minimum atomic E-state index is -0.437. The van der Waals surface area contributed by atoms with Gasteiger partial charge in [-0.25, -0.2) is 5.48 Å². The lowest BCUT2D eigenvalue weighted by atomic mass is 10.2.